The van der Waals surface area contributed by atoms with Crippen molar-refractivity contribution in [3.05, 3.63) is 58.9 Å². The minimum absolute atomic E-state index is 0.181. The normalized spacial score (nSPS) is 10.7. The van der Waals surface area contributed by atoms with Gasteiger partial charge in [0.1, 0.15) is 11.3 Å². The summed E-state index contributed by atoms with van der Waals surface area (Å²) in [5.41, 5.74) is 1.68. The fourth-order valence-electron chi connectivity index (χ4n) is 2.10. The largest absolute Gasteiger partial charge is 0.478 e. The molecule has 2 rings (SSSR count). The SMILES string of the molecule is Cc1ccc(C(C)C)c(Oc2c(F)cccc2C(=O)O)c1. The van der Waals surface area contributed by atoms with Crippen LogP contribution >= 0.6 is 0 Å². The Bertz CT molecular complexity index is 678. The second-order valence-corrected chi connectivity index (χ2v) is 5.22. The van der Waals surface area contributed by atoms with E-state index in [1.807, 2.05) is 32.9 Å². The summed E-state index contributed by atoms with van der Waals surface area (Å²) in [4.78, 5) is 11.2. The van der Waals surface area contributed by atoms with Crippen LogP contribution in [0.15, 0.2) is 36.4 Å². The minimum atomic E-state index is -1.22. The lowest BCUT2D eigenvalue weighted by Gasteiger charge is -2.16. The number of carbonyl (C=O) groups is 1. The van der Waals surface area contributed by atoms with E-state index in [2.05, 4.69) is 0 Å². The molecule has 0 aliphatic heterocycles. The van der Waals surface area contributed by atoms with Crippen LogP contribution in [0.25, 0.3) is 0 Å². The summed E-state index contributed by atoms with van der Waals surface area (Å²) in [7, 11) is 0. The van der Waals surface area contributed by atoms with Crippen LogP contribution in [-0.2, 0) is 0 Å². The van der Waals surface area contributed by atoms with Gasteiger partial charge in [0.05, 0.1) is 0 Å². The molecule has 0 amide bonds. The van der Waals surface area contributed by atoms with Crippen molar-refractivity contribution in [2.24, 2.45) is 0 Å². The minimum Gasteiger partial charge on any atom is -0.478 e. The average Bonchev–Trinajstić information content (AvgIpc) is 2.40. The van der Waals surface area contributed by atoms with Crippen molar-refractivity contribution in [1.82, 2.24) is 0 Å². The molecule has 0 atom stereocenters. The summed E-state index contributed by atoms with van der Waals surface area (Å²) in [6.07, 6.45) is 0. The molecule has 0 saturated carbocycles. The summed E-state index contributed by atoms with van der Waals surface area (Å²) in [5, 5.41) is 9.15. The van der Waals surface area contributed by atoms with Crippen LogP contribution in [0.5, 0.6) is 11.5 Å². The zero-order valence-corrected chi connectivity index (χ0v) is 12.2. The van der Waals surface area contributed by atoms with Gasteiger partial charge < -0.3 is 9.84 Å². The number of hydrogen-bond donors (Lipinski definition) is 1. The third-order valence-corrected chi connectivity index (χ3v) is 3.20. The highest BCUT2D eigenvalue weighted by molar-refractivity contribution is 5.91. The zero-order chi connectivity index (χ0) is 15.6. The number of rotatable bonds is 4. The first-order chi connectivity index (χ1) is 9.90. The van der Waals surface area contributed by atoms with Crippen molar-refractivity contribution in [1.29, 1.82) is 0 Å². The Morgan fingerprint density at radius 2 is 1.95 bits per heavy atom. The fraction of sp³-hybridized carbons (Fsp3) is 0.235. The van der Waals surface area contributed by atoms with Gasteiger partial charge in [0.25, 0.3) is 0 Å². The smallest absolute Gasteiger partial charge is 0.339 e. The van der Waals surface area contributed by atoms with E-state index in [-0.39, 0.29) is 17.2 Å². The van der Waals surface area contributed by atoms with Crippen molar-refractivity contribution in [2.45, 2.75) is 26.7 Å². The molecule has 110 valence electrons. The van der Waals surface area contributed by atoms with Gasteiger partial charge in [-0.05, 0) is 42.2 Å². The first-order valence-corrected chi connectivity index (χ1v) is 6.70. The highest BCUT2D eigenvalue weighted by Gasteiger charge is 2.18. The zero-order valence-electron chi connectivity index (χ0n) is 12.2. The first-order valence-electron chi connectivity index (χ1n) is 6.70. The molecule has 2 aromatic rings. The van der Waals surface area contributed by atoms with Crippen LogP contribution < -0.4 is 4.74 Å². The summed E-state index contributed by atoms with van der Waals surface area (Å²) in [5.74, 6) is -1.50. The van der Waals surface area contributed by atoms with E-state index in [1.165, 1.54) is 18.2 Å². The van der Waals surface area contributed by atoms with Crippen LogP contribution in [0.1, 0.15) is 41.3 Å². The highest BCUT2D eigenvalue weighted by atomic mass is 19.1. The van der Waals surface area contributed by atoms with E-state index in [4.69, 9.17) is 9.84 Å². The van der Waals surface area contributed by atoms with Crippen molar-refractivity contribution in [3.8, 4) is 11.5 Å². The summed E-state index contributed by atoms with van der Waals surface area (Å²) < 4.78 is 19.6. The molecule has 21 heavy (non-hydrogen) atoms. The van der Waals surface area contributed by atoms with E-state index >= 15 is 0 Å². The number of ether oxygens (including phenoxy) is 1. The van der Waals surface area contributed by atoms with Crippen molar-refractivity contribution < 1.29 is 19.0 Å². The fourth-order valence-corrected chi connectivity index (χ4v) is 2.10. The van der Waals surface area contributed by atoms with Gasteiger partial charge in [-0.1, -0.05) is 32.0 Å². The maximum Gasteiger partial charge on any atom is 0.339 e. The monoisotopic (exact) mass is 288 g/mol. The molecule has 0 spiro atoms. The Morgan fingerprint density at radius 3 is 2.57 bits per heavy atom. The summed E-state index contributed by atoms with van der Waals surface area (Å²) >= 11 is 0. The molecule has 0 aliphatic rings. The van der Waals surface area contributed by atoms with Gasteiger partial charge in [-0.25, -0.2) is 9.18 Å². The van der Waals surface area contributed by atoms with E-state index in [0.29, 0.717) is 5.75 Å². The summed E-state index contributed by atoms with van der Waals surface area (Å²) in [6, 6.07) is 9.51. The van der Waals surface area contributed by atoms with Crippen LogP contribution in [0.3, 0.4) is 0 Å². The maximum absolute atomic E-state index is 13.9. The Balaban J connectivity index is 2.53. The third-order valence-electron chi connectivity index (χ3n) is 3.20. The lowest BCUT2D eigenvalue weighted by molar-refractivity contribution is 0.0693. The molecule has 0 unspecified atom stereocenters. The number of aromatic carboxylic acids is 1. The number of carboxylic acid groups (broad SMARTS) is 1. The van der Waals surface area contributed by atoms with Crippen LogP contribution in [-0.4, -0.2) is 11.1 Å². The third kappa shape index (κ3) is 3.21. The van der Waals surface area contributed by atoms with Crippen LogP contribution in [0.4, 0.5) is 4.39 Å². The Morgan fingerprint density at radius 1 is 1.24 bits per heavy atom. The Kier molecular flexibility index (Phi) is 4.26. The van der Waals surface area contributed by atoms with Gasteiger partial charge >= 0.3 is 5.97 Å². The Labute approximate surface area is 123 Å². The molecule has 0 radical (unpaired) electrons. The first kappa shape index (κ1) is 15.0. The van der Waals surface area contributed by atoms with Gasteiger partial charge in [-0.2, -0.15) is 0 Å². The second kappa shape index (κ2) is 5.95. The van der Waals surface area contributed by atoms with E-state index in [0.717, 1.165) is 11.1 Å². The number of hydrogen-bond acceptors (Lipinski definition) is 2. The standard InChI is InChI=1S/C17H17FO3/c1-10(2)12-8-7-11(3)9-15(12)21-16-13(17(19)20)5-4-6-14(16)18/h4-10H,1-3H3,(H,19,20). The van der Waals surface area contributed by atoms with Crippen molar-refractivity contribution in [3.63, 3.8) is 0 Å². The molecule has 0 saturated heterocycles. The molecular formula is C17H17FO3. The van der Waals surface area contributed by atoms with E-state index in [9.17, 15) is 9.18 Å². The molecule has 3 nitrogen and oxygen atoms in total. The molecule has 0 heterocycles. The van der Waals surface area contributed by atoms with Crippen LogP contribution in [0, 0.1) is 12.7 Å². The van der Waals surface area contributed by atoms with Gasteiger partial charge in [0.15, 0.2) is 11.6 Å². The van der Waals surface area contributed by atoms with Gasteiger partial charge in [0, 0.05) is 0 Å². The molecule has 0 bridgehead atoms. The molecule has 0 fully saturated rings. The predicted molar refractivity (Wildman–Crippen MR) is 78.7 cm³/mol. The lowest BCUT2D eigenvalue weighted by atomic mass is 10.0. The predicted octanol–water partition coefficient (Wildman–Crippen LogP) is 4.75. The highest BCUT2D eigenvalue weighted by Crippen LogP contribution is 2.34. The average molecular weight is 288 g/mol. The molecule has 0 aromatic heterocycles. The summed E-state index contributed by atoms with van der Waals surface area (Å²) in [6.45, 7) is 5.89. The Hall–Kier alpha value is -2.36. The van der Waals surface area contributed by atoms with E-state index in [1.54, 1.807) is 6.07 Å². The quantitative estimate of drug-likeness (QED) is 0.883. The topological polar surface area (TPSA) is 46.5 Å². The number of para-hydroxylation sites is 1. The maximum atomic E-state index is 13.9. The number of carboxylic acids is 1. The van der Waals surface area contributed by atoms with E-state index < -0.39 is 11.8 Å². The lowest BCUT2D eigenvalue weighted by Crippen LogP contribution is -2.03. The second-order valence-electron chi connectivity index (χ2n) is 5.22. The molecule has 1 N–H and O–H groups in total. The number of halogens is 1. The molecule has 4 heteroatoms. The molecule has 0 aliphatic carbocycles. The van der Waals surface area contributed by atoms with Crippen molar-refractivity contribution in [2.75, 3.05) is 0 Å². The number of benzene rings is 2. The van der Waals surface area contributed by atoms with Gasteiger partial charge in [-0.3, -0.25) is 0 Å². The van der Waals surface area contributed by atoms with Gasteiger partial charge in [0.2, 0.25) is 0 Å². The molecule has 2 aromatic carbocycles. The van der Waals surface area contributed by atoms with Gasteiger partial charge in [-0.15, -0.1) is 0 Å². The van der Waals surface area contributed by atoms with Crippen LogP contribution in [0.2, 0.25) is 0 Å². The number of aryl methyl sites for hydroxylation is 1. The molecular weight excluding hydrogens is 271 g/mol. The van der Waals surface area contributed by atoms with Crippen molar-refractivity contribution >= 4 is 5.97 Å².